The molecular formula is C16H17BrINO. The van der Waals surface area contributed by atoms with Gasteiger partial charge in [-0.05, 0) is 87.4 Å². The van der Waals surface area contributed by atoms with Gasteiger partial charge in [0.2, 0.25) is 0 Å². The van der Waals surface area contributed by atoms with Crippen molar-refractivity contribution in [2.24, 2.45) is 0 Å². The molecule has 0 aliphatic heterocycles. The Morgan fingerprint density at radius 2 is 1.90 bits per heavy atom. The van der Waals surface area contributed by atoms with Crippen LogP contribution in [0.3, 0.4) is 0 Å². The van der Waals surface area contributed by atoms with Crippen molar-refractivity contribution in [2.45, 2.75) is 12.5 Å². The molecule has 1 N–H and O–H groups in total. The maximum absolute atomic E-state index is 5.27. The number of rotatable bonds is 5. The van der Waals surface area contributed by atoms with Crippen molar-refractivity contribution in [1.29, 1.82) is 0 Å². The number of ether oxygens (including phenoxy) is 1. The second-order valence-corrected chi connectivity index (χ2v) is 6.67. The molecule has 0 amide bonds. The first-order valence-corrected chi connectivity index (χ1v) is 8.26. The minimum atomic E-state index is 0.312. The molecule has 1 unspecified atom stereocenters. The first-order chi connectivity index (χ1) is 9.63. The summed E-state index contributed by atoms with van der Waals surface area (Å²) >= 11 is 5.87. The lowest BCUT2D eigenvalue weighted by molar-refractivity contribution is 0.412. The van der Waals surface area contributed by atoms with Crippen molar-refractivity contribution in [1.82, 2.24) is 5.32 Å². The van der Waals surface area contributed by atoms with Gasteiger partial charge in [0.25, 0.3) is 0 Å². The Kier molecular flexibility index (Phi) is 5.86. The lowest BCUT2D eigenvalue weighted by Crippen LogP contribution is -2.18. The van der Waals surface area contributed by atoms with Gasteiger partial charge in [-0.3, -0.25) is 0 Å². The molecule has 0 saturated heterocycles. The summed E-state index contributed by atoms with van der Waals surface area (Å²) in [6, 6.07) is 15.2. The highest BCUT2D eigenvalue weighted by Crippen LogP contribution is 2.28. The van der Waals surface area contributed by atoms with Crippen molar-refractivity contribution in [3.8, 4) is 5.75 Å². The maximum Gasteiger partial charge on any atom is 0.133 e. The molecule has 0 saturated carbocycles. The summed E-state index contributed by atoms with van der Waals surface area (Å²) in [5, 5.41) is 3.39. The standard InChI is InChI=1S/C16H17BrINO/c1-19-15(12-4-6-13(18)7-5-12)10-11-3-8-16(20-2)14(17)9-11/h3-9,15,19H,10H2,1-2H3. The van der Waals surface area contributed by atoms with Crippen molar-refractivity contribution in [3.05, 3.63) is 61.6 Å². The molecule has 0 aliphatic carbocycles. The average molecular weight is 446 g/mol. The highest BCUT2D eigenvalue weighted by atomic mass is 127. The molecule has 2 rings (SSSR count). The zero-order chi connectivity index (χ0) is 14.5. The summed E-state index contributed by atoms with van der Waals surface area (Å²) in [6.07, 6.45) is 0.944. The van der Waals surface area contributed by atoms with Crippen LogP contribution in [0, 0.1) is 3.57 Å². The average Bonchev–Trinajstić information content (AvgIpc) is 2.46. The molecule has 0 aromatic heterocycles. The molecule has 0 fully saturated rings. The van der Waals surface area contributed by atoms with Crippen molar-refractivity contribution < 1.29 is 4.74 Å². The van der Waals surface area contributed by atoms with E-state index in [9.17, 15) is 0 Å². The molecule has 106 valence electrons. The summed E-state index contributed by atoms with van der Waals surface area (Å²) in [7, 11) is 3.68. The van der Waals surface area contributed by atoms with Crippen molar-refractivity contribution in [3.63, 3.8) is 0 Å². The zero-order valence-electron chi connectivity index (χ0n) is 11.5. The number of likely N-dealkylation sites (N-methyl/N-ethyl adjacent to an activating group) is 1. The smallest absolute Gasteiger partial charge is 0.133 e. The van der Waals surface area contributed by atoms with Crippen LogP contribution in [0.2, 0.25) is 0 Å². The Hall–Kier alpha value is -0.590. The van der Waals surface area contributed by atoms with E-state index < -0.39 is 0 Å². The Morgan fingerprint density at radius 1 is 1.20 bits per heavy atom. The topological polar surface area (TPSA) is 21.3 Å². The van der Waals surface area contributed by atoms with Crippen LogP contribution < -0.4 is 10.1 Å². The Balaban J connectivity index is 2.17. The lowest BCUT2D eigenvalue weighted by Gasteiger charge is -2.17. The third-order valence-electron chi connectivity index (χ3n) is 3.28. The number of methoxy groups -OCH3 is 1. The molecule has 2 aromatic rings. The van der Waals surface area contributed by atoms with Crippen molar-refractivity contribution >= 4 is 38.5 Å². The number of hydrogen-bond acceptors (Lipinski definition) is 2. The van der Waals surface area contributed by atoms with E-state index in [2.05, 4.69) is 80.2 Å². The number of hydrogen-bond donors (Lipinski definition) is 1. The summed E-state index contributed by atoms with van der Waals surface area (Å²) in [5.41, 5.74) is 2.58. The summed E-state index contributed by atoms with van der Waals surface area (Å²) in [4.78, 5) is 0. The molecule has 1 atom stereocenters. The van der Waals surface area contributed by atoms with Gasteiger partial charge in [-0.2, -0.15) is 0 Å². The van der Waals surface area contributed by atoms with Gasteiger partial charge in [-0.15, -0.1) is 0 Å². The van der Waals surface area contributed by atoms with Crippen LogP contribution in [0.4, 0.5) is 0 Å². The number of nitrogens with one attached hydrogen (secondary N) is 1. The molecule has 0 bridgehead atoms. The minimum absolute atomic E-state index is 0.312. The van der Waals surface area contributed by atoms with Gasteiger partial charge in [0, 0.05) is 9.61 Å². The van der Waals surface area contributed by atoms with E-state index in [0.717, 1.165) is 16.6 Å². The van der Waals surface area contributed by atoms with Gasteiger partial charge >= 0.3 is 0 Å². The van der Waals surface area contributed by atoms with E-state index in [0.29, 0.717) is 6.04 Å². The van der Waals surface area contributed by atoms with Crippen LogP contribution in [0.25, 0.3) is 0 Å². The van der Waals surface area contributed by atoms with E-state index in [1.54, 1.807) is 7.11 Å². The normalized spacial score (nSPS) is 12.2. The summed E-state index contributed by atoms with van der Waals surface area (Å²) in [5.74, 6) is 0.865. The van der Waals surface area contributed by atoms with Gasteiger partial charge in [0.05, 0.1) is 11.6 Å². The molecule has 0 radical (unpaired) electrons. The van der Waals surface area contributed by atoms with Gasteiger partial charge in [-0.25, -0.2) is 0 Å². The number of benzene rings is 2. The first-order valence-electron chi connectivity index (χ1n) is 6.39. The molecule has 0 spiro atoms. The van der Waals surface area contributed by atoms with E-state index >= 15 is 0 Å². The van der Waals surface area contributed by atoms with Crippen LogP contribution >= 0.6 is 38.5 Å². The third kappa shape index (κ3) is 3.96. The minimum Gasteiger partial charge on any atom is -0.496 e. The summed E-state index contributed by atoms with van der Waals surface area (Å²) in [6.45, 7) is 0. The largest absolute Gasteiger partial charge is 0.496 e. The predicted octanol–water partition coefficient (Wildman–Crippen LogP) is 4.57. The SMILES string of the molecule is CNC(Cc1ccc(OC)c(Br)c1)c1ccc(I)cc1. The predicted molar refractivity (Wildman–Crippen MR) is 95.4 cm³/mol. The molecule has 4 heteroatoms. The van der Waals surface area contributed by atoms with Crippen LogP contribution in [-0.4, -0.2) is 14.2 Å². The fourth-order valence-electron chi connectivity index (χ4n) is 2.15. The highest BCUT2D eigenvalue weighted by molar-refractivity contribution is 14.1. The second kappa shape index (κ2) is 7.43. The van der Waals surface area contributed by atoms with Gasteiger partial charge in [0.1, 0.15) is 5.75 Å². The third-order valence-corrected chi connectivity index (χ3v) is 4.62. The fourth-order valence-corrected chi connectivity index (χ4v) is 3.10. The Bertz CT molecular complexity index is 571. The zero-order valence-corrected chi connectivity index (χ0v) is 15.2. The Morgan fingerprint density at radius 3 is 2.45 bits per heavy atom. The monoisotopic (exact) mass is 445 g/mol. The van der Waals surface area contributed by atoms with E-state index in [1.165, 1.54) is 14.7 Å². The highest BCUT2D eigenvalue weighted by Gasteiger charge is 2.11. The molecule has 2 nitrogen and oxygen atoms in total. The van der Waals surface area contributed by atoms with Crippen LogP contribution in [0.5, 0.6) is 5.75 Å². The van der Waals surface area contributed by atoms with E-state index in [-0.39, 0.29) is 0 Å². The quantitative estimate of drug-likeness (QED) is 0.681. The first kappa shape index (κ1) is 15.8. The van der Waals surface area contributed by atoms with Crippen molar-refractivity contribution in [2.75, 3.05) is 14.2 Å². The Labute approximate surface area is 142 Å². The lowest BCUT2D eigenvalue weighted by atomic mass is 9.99. The fraction of sp³-hybridized carbons (Fsp3) is 0.250. The van der Waals surface area contributed by atoms with Crippen LogP contribution in [0.1, 0.15) is 17.2 Å². The van der Waals surface area contributed by atoms with Gasteiger partial charge in [0.15, 0.2) is 0 Å². The molecular weight excluding hydrogens is 429 g/mol. The molecule has 20 heavy (non-hydrogen) atoms. The molecule has 0 heterocycles. The van der Waals surface area contributed by atoms with Gasteiger partial charge in [-0.1, -0.05) is 18.2 Å². The van der Waals surface area contributed by atoms with Gasteiger partial charge < -0.3 is 10.1 Å². The van der Waals surface area contributed by atoms with Crippen LogP contribution in [-0.2, 0) is 6.42 Å². The number of halogens is 2. The van der Waals surface area contributed by atoms with E-state index in [4.69, 9.17) is 4.74 Å². The summed E-state index contributed by atoms with van der Waals surface area (Å²) < 4.78 is 7.52. The molecule has 2 aromatic carbocycles. The van der Waals surface area contributed by atoms with Crippen LogP contribution in [0.15, 0.2) is 46.9 Å². The second-order valence-electron chi connectivity index (χ2n) is 4.57. The maximum atomic E-state index is 5.27. The van der Waals surface area contributed by atoms with E-state index in [1.807, 2.05) is 13.1 Å². The molecule has 0 aliphatic rings.